The molecular formula is C29H34FN3O3. The number of pyridine rings is 1. The van der Waals surface area contributed by atoms with E-state index in [0.29, 0.717) is 23.4 Å². The number of anilines is 1. The highest BCUT2D eigenvalue weighted by atomic mass is 19.1. The summed E-state index contributed by atoms with van der Waals surface area (Å²) < 4.78 is 28.4. The molecule has 1 aromatic heterocycles. The molecule has 2 aromatic carbocycles. The van der Waals surface area contributed by atoms with Gasteiger partial charge in [-0.15, -0.1) is 0 Å². The zero-order valence-electron chi connectivity index (χ0n) is 20.7. The van der Waals surface area contributed by atoms with Crippen molar-refractivity contribution in [1.29, 1.82) is 0 Å². The molecule has 0 unspecified atom stereocenters. The van der Waals surface area contributed by atoms with E-state index >= 15 is 4.39 Å². The first-order valence-electron chi connectivity index (χ1n) is 13.3. The molecule has 190 valence electrons. The van der Waals surface area contributed by atoms with Crippen LogP contribution in [0.2, 0.25) is 0 Å². The van der Waals surface area contributed by atoms with Gasteiger partial charge in [0.05, 0.1) is 17.5 Å². The van der Waals surface area contributed by atoms with Crippen molar-refractivity contribution in [3.63, 3.8) is 0 Å². The van der Waals surface area contributed by atoms with Gasteiger partial charge in [-0.25, -0.2) is 4.39 Å². The van der Waals surface area contributed by atoms with Crippen molar-refractivity contribution in [2.75, 3.05) is 44.3 Å². The minimum atomic E-state index is -0.275. The Morgan fingerprint density at radius 2 is 1.97 bits per heavy atom. The quantitative estimate of drug-likeness (QED) is 0.563. The zero-order valence-corrected chi connectivity index (χ0v) is 20.7. The van der Waals surface area contributed by atoms with Crippen LogP contribution in [0, 0.1) is 11.2 Å². The Balaban J connectivity index is 1.22. The van der Waals surface area contributed by atoms with Gasteiger partial charge in [-0.3, -0.25) is 9.36 Å². The lowest BCUT2D eigenvalue weighted by molar-refractivity contribution is 0.0680. The van der Waals surface area contributed by atoms with Crippen LogP contribution < -0.4 is 20.5 Å². The molecule has 3 aromatic rings. The number of hydrogen-bond donors (Lipinski definition) is 1. The average Bonchev–Trinajstić information content (AvgIpc) is 3.42. The second-order valence-electron chi connectivity index (χ2n) is 10.6. The Morgan fingerprint density at radius 1 is 1.08 bits per heavy atom. The molecule has 4 heterocycles. The van der Waals surface area contributed by atoms with Crippen molar-refractivity contribution >= 4 is 16.5 Å². The van der Waals surface area contributed by atoms with E-state index in [4.69, 9.17) is 9.47 Å². The van der Waals surface area contributed by atoms with Crippen LogP contribution in [0.3, 0.4) is 0 Å². The van der Waals surface area contributed by atoms with Crippen molar-refractivity contribution < 1.29 is 13.9 Å². The van der Waals surface area contributed by atoms with E-state index in [0.717, 1.165) is 76.0 Å². The molecule has 0 amide bonds. The van der Waals surface area contributed by atoms with E-state index in [1.165, 1.54) is 17.1 Å². The first-order valence-corrected chi connectivity index (χ1v) is 13.3. The topological polar surface area (TPSA) is 55.7 Å². The molecule has 3 saturated heterocycles. The number of halogens is 1. The van der Waals surface area contributed by atoms with E-state index in [2.05, 4.69) is 10.2 Å². The summed E-state index contributed by atoms with van der Waals surface area (Å²) in [4.78, 5) is 15.5. The molecule has 7 heteroatoms. The van der Waals surface area contributed by atoms with Crippen molar-refractivity contribution in [3.05, 3.63) is 64.8 Å². The summed E-state index contributed by atoms with van der Waals surface area (Å²) in [5.41, 5.74) is 1.29. The average molecular weight is 492 g/mol. The SMILES string of the molecule is O=c1c2ccc(OC[C@H]3CCCO3)cc2ccn1-c1ccc(N2CCCC3(CCNCC3)C2)c(F)c1. The predicted molar refractivity (Wildman–Crippen MR) is 140 cm³/mol. The van der Waals surface area contributed by atoms with Gasteiger partial charge in [-0.1, -0.05) is 0 Å². The summed E-state index contributed by atoms with van der Waals surface area (Å²) in [6, 6.07) is 12.6. The molecule has 36 heavy (non-hydrogen) atoms. The standard InChI is InChI=1S/C29H34FN3O3/c30-26-18-22(4-7-27(26)32-14-2-9-29(20-32)10-12-31-13-11-29)33-15-8-21-17-23(5-6-25(21)28(33)34)36-19-24-3-1-16-35-24/h4-8,15,17-18,24,31H,1-3,9-14,16,19-20H2/t24-/m1/s1. The summed E-state index contributed by atoms with van der Waals surface area (Å²) in [5, 5.41) is 4.83. The second-order valence-corrected chi connectivity index (χ2v) is 10.6. The first-order chi connectivity index (χ1) is 17.6. The highest BCUT2D eigenvalue weighted by molar-refractivity contribution is 5.83. The zero-order chi connectivity index (χ0) is 24.5. The van der Waals surface area contributed by atoms with Gasteiger partial charge in [0.2, 0.25) is 0 Å². The van der Waals surface area contributed by atoms with E-state index < -0.39 is 0 Å². The van der Waals surface area contributed by atoms with Gasteiger partial charge in [0.15, 0.2) is 0 Å². The summed E-state index contributed by atoms with van der Waals surface area (Å²) in [6.07, 6.45) is 8.55. The third kappa shape index (κ3) is 4.62. The lowest BCUT2D eigenvalue weighted by Crippen LogP contribution is -2.48. The highest BCUT2D eigenvalue weighted by Gasteiger charge is 2.37. The van der Waals surface area contributed by atoms with E-state index in [9.17, 15) is 4.79 Å². The third-order valence-electron chi connectivity index (χ3n) is 8.21. The summed E-state index contributed by atoms with van der Waals surface area (Å²) >= 11 is 0. The molecule has 3 fully saturated rings. The maximum Gasteiger partial charge on any atom is 0.262 e. The van der Waals surface area contributed by atoms with Gasteiger partial charge in [-0.05, 0) is 98.8 Å². The minimum absolute atomic E-state index is 0.140. The summed E-state index contributed by atoms with van der Waals surface area (Å²) in [6.45, 7) is 5.18. The molecule has 0 saturated carbocycles. The van der Waals surface area contributed by atoms with Gasteiger partial charge < -0.3 is 19.7 Å². The normalized spacial score (nSPS) is 21.8. The fourth-order valence-electron chi connectivity index (χ4n) is 6.16. The Morgan fingerprint density at radius 3 is 2.78 bits per heavy atom. The predicted octanol–water partition coefficient (Wildman–Crippen LogP) is 4.66. The van der Waals surface area contributed by atoms with E-state index in [1.54, 1.807) is 12.3 Å². The lowest BCUT2D eigenvalue weighted by Gasteiger charge is -2.46. The molecule has 1 spiro atoms. The van der Waals surface area contributed by atoms with Crippen LogP contribution in [0.15, 0.2) is 53.5 Å². The molecule has 0 radical (unpaired) electrons. The number of nitrogens with one attached hydrogen (secondary N) is 1. The fraction of sp³-hybridized carbons (Fsp3) is 0.483. The maximum absolute atomic E-state index is 15.4. The number of aromatic nitrogens is 1. The molecule has 3 aliphatic heterocycles. The number of piperidine rings is 2. The van der Waals surface area contributed by atoms with Crippen molar-refractivity contribution in [2.45, 2.75) is 44.6 Å². The van der Waals surface area contributed by atoms with Crippen molar-refractivity contribution in [1.82, 2.24) is 9.88 Å². The number of nitrogens with zero attached hydrogens (tertiary/aromatic N) is 2. The van der Waals surface area contributed by atoms with Crippen LogP contribution >= 0.6 is 0 Å². The highest BCUT2D eigenvalue weighted by Crippen LogP contribution is 2.40. The second kappa shape index (κ2) is 9.87. The maximum atomic E-state index is 15.4. The van der Waals surface area contributed by atoms with Gasteiger partial charge in [0.25, 0.3) is 5.56 Å². The Hall–Kier alpha value is -2.90. The van der Waals surface area contributed by atoms with Gasteiger partial charge >= 0.3 is 0 Å². The summed E-state index contributed by atoms with van der Waals surface area (Å²) in [7, 11) is 0. The number of hydrogen-bond acceptors (Lipinski definition) is 5. The molecule has 6 rings (SSSR count). The number of ether oxygens (including phenoxy) is 2. The molecular weight excluding hydrogens is 457 g/mol. The molecule has 6 nitrogen and oxygen atoms in total. The van der Waals surface area contributed by atoms with Gasteiger partial charge in [0.1, 0.15) is 18.2 Å². The Bertz CT molecular complexity index is 1290. The fourth-order valence-corrected chi connectivity index (χ4v) is 6.16. The molecule has 1 atom stereocenters. The molecule has 3 aliphatic rings. The van der Waals surface area contributed by atoms with Crippen LogP contribution in [0.25, 0.3) is 16.5 Å². The Labute approximate surface area is 211 Å². The molecule has 0 bridgehead atoms. The number of fused-ring (bicyclic) bond motifs is 1. The van der Waals surface area contributed by atoms with Crippen molar-refractivity contribution in [2.24, 2.45) is 5.41 Å². The first kappa shape index (κ1) is 23.5. The lowest BCUT2D eigenvalue weighted by atomic mass is 9.73. The monoisotopic (exact) mass is 491 g/mol. The van der Waals surface area contributed by atoms with Crippen LogP contribution in [-0.4, -0.2) is 50.1 Å². The van der Waals surface area contributed by atoms with Crippen LogP contribution in [0.4, 0.5) is 10.1 Å². The van der Waals surface area contributed by atoms with Crippen LogP contribution in [-0.2, 0) is 4.74 Å². The van der Waals surface area contributed by atoms with Crippen LogP contribution in [0.5, 0.6) is 5.75 Å². The largest absolute Gasteiger partial charge is 0.491 e. The van der Waals surface area contributed by atoms with E-state index in [1.807, 2.05) is 30.3 Å². The smallest absolute Gasteiger partial charge is 0.262 e. The third-order valence-corrected chi connectivity index (χ3v) is 8.21. The summed E-state index contributed by atoms with van der Waals surface area (Å²) in [5.74, 6) is 0.446. The Kier molecular flexibility index (Phi) is 6.44. The van der Waals surface area contributed by atoms with E-state index in [-0.39, 0.29) is 22.9 Å². The number of benzene rings is 2. The van der Waals surface area contributed by atoms with Crippen LogP contribution in [0.1, 0.15) is 38.5 Å². The van der Waals surface area contributed by atoms with Gasteiger partial charge in [-0.2, -0.15) is 0 Å². The minimum Gasteiger partial charge on any atom is -0.491 e. The van der Waals surface area contributed by atoms with Crippen molar-refractivity contribution in [3.8, 4) is 11.4 Å². The number of rotatable bonds is 5. The van der Waals surface area contributed by atoms with Gasteiger partial charge in [0, 0.05) is 37.3 Å². The molecule has 1 N–H and O–H groups in total. The molecule has 0 aliphatic carbocycles.